The Hall–Kier alpha value is 0.210. The smallest absolute Gasteiger partial charge is 0.133 e. The van der Waals surface area contributed by atoms with Gasteiger partial charge in [0.25, 0.3) is 0 Å². The maximum absolute atomic E-state index is 4.72. The molecule has 0 bridgehead atoms. The topological polar surface area (TPSA) is 62.1 Å². The fourth-order valence-electron chi connectivity index (χ4n) is 0. The second-order valence-electron chi connectivity index (χ2n) is 0.333. The van der Waals surface area contributed by atoms with E-state index in [0.717, 1.165) is 0 Å². The van der Waals surface area contributed by atoms with Gasteiger partial charge >= 0.3 is 0 Å². The monoisotopic (exact) mass is 132 g/mol. The van der Waals surface area contributed by atoms with Crippen LogP contribution in [0, 0.1) is 0 Å². The first kappa shape index (κ1) is 34.5. The van der Waals surface area contributed by atoms with Crippen LogP contribution in [0.25, 0.3) is 0 Å². The largest absolute Gasteiger partial charge is 1.00 e. The van der Waals surface area contributed by atoms with Crippen molar-refractivity contribution in [2.24, 2.45) is 0 Å². The third-order valence-electron chi connectivity index (χ3n) is 0. The summed E-state index contributed by atoms with van der Waals surface area (Å²) in [5, 5.41) is 4.72. The number of quaternary nitrogens is 1. The summed E-state index contributed by atoms with van der Waals surface area (Å²) in [7, 11) is 0. The second-order valence-corrected chi connectivity index (χ2v) is 0.333. The number of nitrogens with two attached hydrogens (primary N) is 1. The Labute approximate surface area is 50.2 Å². The SMILES string of the molecule is CC=[NH2+].[Cl-].[Cl-].[NH4+]. The summed E-state index contributed by atoms with van der Waals surface area (Å²) >= 11 is 0. The highest BCUT2D eigenvalue weighted by Crippen LogP contribution is 1.03. The summed E-state index contributed by atoms with van der Waals surface area (Å²) in [5.41, 5.74) is 0. The first-order valence-electron chi connectivity index (χ1n) is 0.911. The van der Waals surface area contributed by atoms with Gasteiger partial charge in [0, 0.05) is 6.92 Å². The lowest BCUT2D eigenvalue weighted by Gasteiger charge is -1.21. The molecule has 0 rings (SSSR count). The van der Waals surface area contributed by atoms with Crippen molar-refractivity contribution in [2.75, 3.05) is 0 Å². The first-order chi connectivity index (χ1) is 1.41. The average molecular weight is 133 g/mol. The zero-order valence-corrected chi connectivity index (χ0v) is 5.42. The summed E-state index contributed by atoms with van der Waals surface area (Å²) in [6, 6.07) is 0. The molecule has 4 heteroatoms. The van der Waals surface area contributed by atoms with Crippen LogP contribution in [0.5, 0.6) is 0 Å². The fourth-order valence-corrected chi connectivity index (χ4v) is 0. The van der Waals surface area contributed by atoms with E-state index >= 15 is 0 Å². The Morgan fingerprint density at radius 2 is 1.33 bits per heavy atom. The lowest BCUT2D eigenvalue weighted by molar-refractivity contribution is -0.106. The van der Waals surface area contributed by atoms with Crippen LogP contribution >= 0.6 is 0 Å². The van der Waals surface area contributed by atoms with Gasteiger partial charge in [0.15, 0.2) is 0 Å². The number of hydrogen-bond donors (Lipinski definition) is 2. The molecule has 0 heterocycles. The Morgan fingerprint density at radius 3 is 1.33 bits per heavy atom. The van der Waals surface area contributed by atoms with Crippen molar-refractivity contribution in [3.8, 4) is 0 Å². The van der Waals surface area contributed by atoms with Gasteiger partial charge in [-0.15, -0.1) is 0 Å². The molecule has 0 aliphatic carbocycles. The number of halogens is 2. The van der Waals surface area contributed by atoms with Crippen molar-refractivity contribution in [1.82, 2.24) is 6.15 Å². The van der Waals surface area contributed by atoms with Crippen LogP contribution in [0.4, 0.5) is 0 Å². The van der Waals surface area contributed by atoms with Crippen molar-refractivity contribution in [3.05, 3.63) is 0 Å². The van der Waals surface area contributed by atoms with E-state index < -0.39 is 0 Å². The second kappa shape index (κ2) is 63.1. The van der Waals surface area contributed by atoms with Crippen LogP contribution in [-0.4, -0.2) is 6.21 Å². The van der Waals surface area contributed by atoms with Crippen LogP contribution in [0.15, 0.2) is 0 Å². The molecule has 6 heavy (non-hydrogen) atoms. The van der Waals surface area contributed by atoms with Gasteiger partial charge in [0.05, 0.1) is 0 Å². The zero-order valence-electron chi connectivity index (χ0n) is 3.91. The van der Waals surface area contributed by atoms with Crippen LogP contribution in [0.1, 0.15) is 6.92 Å². The Balaban J connectivity index is -0.00000000667. The molecule has 0 aromatic heterocycles. The van der Waals surface area contributed by atoms with Crippen molar-refractivity contribution in [2.45, 2.75) is 6.92 Å². The normalized spacial score (nSPS) is 2.17. The summed E-state index contributed by atoms with van der Waals surface area (Å²) in [4.78, 5) is 0. The highest BCUT2D eigenvalue weighted by atomic mass is 35.5. The van der Waals surface area contributed by atoms with Gasteiger partial charge in [0.1, 0.15) is 6.21 Å². The minimum atomic E-state index is 0. The molecule has 2 nitrogen and oxygen atoms in total. The molecule has 0 atom stereocenters. The summed E-state index contributed by atoms with van der Waals surface area (Å²) in [5.74, 6) is 0. The van der Waals surface area contributed by atoms with Gasteiger partial charge in [-0.25, -0.2) is 0 Å². The summed E-state index contributed by atoms with van der Waals surface area (Å²) in [6.45, 7) is 1.78. The maximum Gasteiger partial charge on any atom is 0.133 e. The Kier molecular flexibility index (Phi) is 363. The molecule has 0 saturated heterocycles. The minimum absolute atomic E-state index is 0. The van der Waals surface area contributed by atoms with E-state index in [9.17, 15) is 0 Å². The Morgan fingerprint density at radius 1 is 1.33 bits per heavy atom. The maximum atomic E-state index is 4.72. The van der Waals surface area contributed by atoms with Crippen molar-refractivity contribution >= 4 is 6.21 Å². The van der Waals surface area contributed by atoms with E-state index in [-0.39, 0.29) is 31.0 Å². The minimum Gasteiger partial charge on any atom is -1.00 e. The molecule has 0 aliphatic heterocycles. The van der Waals surface area contributed by atoms with Gasteiger partial charge in [-0.3, -0.25) is 5.41 Å². The van der Waals surface area contributed by atoms with Gasteiger partial charge in [-0.05, 0) is 0 Å². The molecule has 0 spiro atoms. The van der Waals surface area contributed by atoms with Crippen LogP contribution in [-0.2, 0) is 0 Å². The average Bonchev–Trinajstić information content (AvgIpc) is 0.918. The first-order valence-corrected chi connectivity index (χ1v) is 0.911. The molecular weight excluding hydrogens is 123 g/mol. The van der Waals surface area contributed by atoms with Gasteiger partial charge in [-0.2, -0.15) is 0 Å². The lowest BCUT2D eigenvalue weighted by Crippen LogP contribution is -3.00. The Bertz CT molecular complexity index is 17.0. The van der Waals surface area contributed by atoms with Crippen molar-refractivity contribution in [1.29, 1.82) is 0 Å². The van der Waals surface area contributed by atoms with Crippen molar-refractivity contribution in [3.63, 3.8) is 0 Å². The van der Waals surface area contributed by atoms with Gasteiger partial charge < -0.3 is 31.0 Å². The standard InChI is InChI=1S/C2H5N.2ClH.H3N/c1-2-3;;;/h2-3H,1H3;2*1H;1H3. The van der Waals surface area contributed by atoms with E-state index in [0.29, 0.717) is 0 Å². The molecule has 0 unspecified atom stereocenters. The lowest BCUT2D eigenvalue weighted by atomic mass is 10.9. The molecule has 0 aromatic carbocycles. The highest BCUT2D eigenvalue weighted by Gasteiger charge is 1.26. The molecule has 0 aliphatic rings. The summed E-state index contributed by atoms with van der Waals surface area (Å²) < 4.78 is 0. The third kappa shape index (κ3) is 984. The van der Waals surface area contributed by atoms with Crippen LogP contribution in [0.2, 0.25) is 0 Å². The molecule has 0 saturated carbocycles. The molecule has 42 valence electrons. The van der Waals surface area contributed by atoms with Gasteiger partial charge in [0.2, 0.25) is 0 Å². The van der Waals surface area contributed by atoms with E-state index in [2.05, 4.69) is 0 Å². The molecule has 0 radical (unpaired) electrons. The predicted molar refractivity (Wildman–Crippen MR) is 19.6 cm³/mol. The molecular formula is C2H10Cl2N2. The van der Waals surface area contributed by atoms with E-state index in [4.69, 9.17) is 5.41 Å². The van der Waals surface area contributed by atoms with Crippen LogP contribution in [0.3, 0.4) is 0 Å². The zero-order chi connectivity index (χ0) is 2.71. The summed E-state index contributed by atoms with van der Waals surface area (Å²) in [6.07, 6.45) is 1.50. The molecule has 0 aromatic rings. The van der Waals surface area contributed by atoms with Gasteiger partial charge in [-0.1, -0.05) is 0 Å². The molecule has 6 N–H and O–H groups in total. The van der Waals surface area contributed by atoms with Crippen molar-refractivity contribution < 1.29 is 30.2 Å². The molecule has 0 amide bonds. The number of hydrogen-bond acceptors (Lipinski definition) is 0. The molecule has 0 fully saturated rings. The quantitative estimate of drug-likeness (QED) is 0.308. The predicted octanol–water partition coefficient (Wildman–Crippen LogP) is -6.78. The fraction of sp³-hybridized carbons (Fsp3) is 0.500. The van der Waals surface area contributed by atoms with E-state index in [1.54, 1.807) is 6.92 Å². The number of rotatable bonds is 0. The van der Waals surface area contributed by atoms with Crippen LogP contribution < -0.4 is 36.4 Å². The third-order valence-corrected chi connectivity index (χ3v) is 0. The van der Waals surface area contributed by atoms with E-state index in [1.165, 1.54) is 6.21 Å². The van der Waals surface area contributed by atoms with E-state index in [1.807, 2.05) is 0 Å². The highest BCUT2D eigenvalue weighted by molar-refractivity contribution is 5.44.